The van der Waals surface area contributed by atoms with Gasteiger partial charge in [-0.05, 0) is 38.1 Å². The summed E-state index contributed by atoms with van der Waals surface area (Å²) in [5.41, 5.74) is 0. The molecule has 0 unspecified atom stereocenters. The lowest BCUT2D eigenvalue weighted by Gasteiger charge is -2.32. The van der Waals surface area contributed by atoms with Crippen LogP contribution >= 0.6 is 0 Å². The zero-order valence-corrected chi connectivity index (χ0v) is 11.2. The second kappa shape index (κ2) is 6.90. The van der Waals surface area contributed by atoms with E-state index in [1.54, 1.807) is 6.08 Å². The Bertz CT molecular complexity index is 281. The Morgan fingerprint density at radius 1 is 1.28 bits per heavy atom. The maximum atomic E-state index is 11.6. The summed E-state index contributed by atoms with van der Waals surface area (Å²) in [5, 5.41) is 6.48. The quantitative estimate of drug-likeness (QED) is 0.656. The molecule has 2 N–H and O–H groups in total. The standard InChI is InChI=1S/C14H25N3O/c1-2-7-15-14(18)11-17-8-5-13(6-9-17)16-10-12-3-4-12/h2,12-13,16H,1,3-11H2,(H,15,18). The number of hydrogen-bond acceptors (Lipinski definition) is 3. The Morgan fingerprint density at radius 3 is 2.61 bits per heavy atom. The predicted molar refractivity (Wildman–Crippen MR) is 73.4 cm³/mol. The van der Waals surface area contributed by atoms with Crippen molar-refractivity contribution in [3.63, 3.8) is 0 Å². The molecule has 0 aromatic rings. The van der Waals surface area contributed by atoms with Crippen LogP contribution < -0.4 is 10.6 Å². The van der Waals surface area contributed by atoms with E-state index in [0.29, 0.717) is 19.1 Å². The van der Waals surface area contributed by atoms with Gasteiger partial charge in [0.05, 0.1) is 6.54 Å². The number of carbonyl (C=O) groups excluding carboxylic acids is 1. The molecule has 1 aliphatic heterocycles. The number of likely N-dealkylation sites (tertiary alicyclic amines) is 1. The van der Waals surface area contributed by atoms with Crippen LogP contribution in [-0.2, 0) is 4.79 Å². The van der Waals surface area contributed by atoms with Gasteiger partial charge < -0.3 is 10.6 Å². The third-order valence-corrected chi connectivity index (χ3v) is 3.79. The molecule has 0 radical (unpaired) electrons. The molecule has 2 aliphatic rings. The Hall–Kier alpha value is -0.870. The highest BCUT2D eigenvalue weighted by Crippen LogP contribution is 2.28. The lowest BCUT2D eigenvalue weighted by atomic mass is 10.0. The van der Waals surface area contributed by atoms with Crippen molar-refractivity contribution in [3.8, 4) is 0 Å². The molecular formula is C14H25N3O. The van der Waals surface area contributed by atoms with Crippen molar-refractivity contribution < 1.29 is 4.79 Å². The highest BCUT2D eigenvalue weighted by Gasteiger charge is 2.24. The number of piperidine rings is 1. The molecule has 2 fully saturated rings. The third-order valence-electron chi connectivity index (χ3n) is 3.79. The topological polar surface area (TPSA) is 44.4 Å². The summed E-state index contributed by atoms with van der Waals surface area (Å²) < 4.78 is 0. The number of rotatable bonds is 7. The van der Waals surface area contributed by atoms with Crippen molar-refractivity contribution in [2.75, 3.05) is 32.7 Å². The summed E-state index contributed by atoms with van der Waals surface area (Å²) in [7, 11) is 0. The Labute approximate surface area is 110 Å². The molecule has 1 heterocycles. The first-order valence-electron chi connectivity index (χ1n) is 7.11. The van der Waals surface area contributed by atoms with Crippen molar-refractivity contribution in [2.45, 2.75) is 31.7 Å². The maximum Gasteiger partial charge on any atom is 0.234 e. The van der Waals surface area contributed by atoms with Crippen molar-refractivity contribution in [1.82, 2.24) is 15.5 Å². The van der Waals surface area contributed by atoms with Crippen LogP contribution in [0.3, 0.4) is 0 Å². The zero-order valence-electron chi connectivity index (χ0n) is 11.2. The molecule has 4 heteroatoms. The van der Waals surface area contributed by atoms with Gasteiger partial charge in [-0.2, -0.15) is 0 Å². The first-order valence-corrected chi connectivity index (χ1v) is 7.11. The molecule has 2 rings (SSSR count). The number of nitrogens with one attached hydrogen (secondary N) is 2. The summed E-state index contributed by atoms with van der Waals surface area (Å²) >= 11 is 0. The van der Waals surface area contributed by atoms with E-state index in [9.17, 15) is 4.79 Å². The van der Waals surface area contributed by atoms with Gasteiger partial charge in [0.1, 0.15) is 0 Å². The molecule has 18 heavy (non-hydrogen) atoms. The lowest BCUT2D eigenvalue weighted by molar-refractivity contribution is -0.122. The largest absolute Gasteiger partial charge is 0.352 e. The van der Waals surface area contributed by atoms with Crippen LogP contribution in [0.5, 0.6) is 0 Å². The molecule has 1 saturated carbocycles. The van der Waals surface area contributed by atoms with Crippen molar-refractivity contribution in [2.24, 2.45) is 5.92 Å². The van der Waals surface area contributed by atoms with Gasteiger partial charge in [0, 0.05) is 25.7 Å². The van der Waals surface area contributed by atoms with Gasteiger partial charge in [0.2, 0.25) is 5.91 Å². The number of hydrogen-bond donors (Lipinski definition) is 2. The monoisotopic (exact) mass is 251 g/mol. The van der Waals surface area contributed by atoms with E-state index in [-0.39, 0.29) is 5.91 Å². The zero-order chi connectivity index (χ0) is 12.8. The molecule has 1 aliphatic carbocycles. The van der Waals surface area contributed by atoms with E-state index in [1.165, 1.54) is 32.2 Å². The van der Waals surface area contributed by atoms with Gasteiger partial charge in [-0.25, -0.2) is 0 Å². The number of carbonyl (C=O) groups is 1. The average Bonchev–Trinajstić information content (AvgIpc) is 3.20. The van der Waals surface area contributed by atoms with E-state index in [2.05, 4.69) is 22.1 Å². The first kappa shape index (κ1) is 13.6. The minimum atomic E-state index is 0.110. The predicted octanol–water partition coefficient (Wildman–Crippen LogP) is 0.753. The highest BCUT2D eigenvalue weighted by molar-refractivity contribution is 5.78. The van der Waals surface area contributed by atoms with Gasteiger partial charge >= 0.3 is 0 Å². The normalized spacial score (nSPS) is 21.8. The summed E-state index contributed by atoms with van der Waals surface area (Å²) in [6, 6.07) is 0.665. The van der Waals surface area contributed by atoms with Crippen LogP contribution in [0, 0.1) is 5.92 Å². The van der Waals surface area contributed by atoms with Crippen LogP contribution in [0.15, 0.2) is 12.7 Å². The van der Waals surface area contributed by atoms with Crippen LogP contribution in [0.1, 0.15) is 25.7 Å². The Morgan fingerprint density at radius 2 is 2.00 bits per heavy atom. The van der Waals surface area contributed by atoms with Crippen LogP contribution in [0.2, 0.25) is 0 Å². The fraction of sp³-hybridized carbons (Fsp3) is 0.786. The van der Waals surface area contributed by atoms with E-state index < -0.39 is 0 Å². The van der Waals surface area contributed by atoms with Crippen LogP contribution in [0.4, 0.5) is 0 Å². The summed E-state index contributed by atoms with van der Waals surface area (Å²) in [6.07, 6.45) is 6.87. The van der Waals surface area contributed by atoms with E-state index in [4.69, 9.17) is 0 Å². The highest BCUT2D eigenvalue weighted by atomic mass is 16.2. The fourth-order valence-electron chi connectivity index (χ4n) is 2.40. The second-order valence-corrected chi connectivity index (χ2v) is 5.49. The van der Waals surface area contributed by atoms with Crippen LogP contribution in [-0.4, -0.2) is 49.6 Å². The molecule has 1 saturated heterocycles. The summed E-state index contributed by atoms with van der Waals surface area (Å²) in [5.74, 6) is 1.06. The minimum absolute atomic E-state index is 0.110. The molecule has 0 spiro atoms. The average molecular weight is 251 g/mol. The second-order valence-electron chi connectivity index (χ2n) is 5.49. The van der Waals surface area contributed by atoms with Gasteiger partial charge in [-0.1, -0.05) is 6.08 Å². The van der Waals surface area contributed by atoms with E-state index in [0.717, 1.165) is 19.0 Å². The molecule has 0 atom stereocenters. The van der Waals surface area contributed by atoms with Gasteiger partial charge in [-0.3, -0.25) is 9.69 Å². The number of amides is 1. The number of nitrogens with zero attached hydrogens (tertiary/aromatic N) is 1. The molecule has 102 valence electrons. The SMILES string of the molecule is C=CCNC(=O)CN1CCC(NCC2CC2)CC1. The Kier molecular flexibility index (Phi) is 5.20. The minimum Gasteiger partial charge on any atom is -0.352 e. The van der Waals surface area contributed by atoms with Crippen molar-refractivity contribution >= 4 is 5.91 Å². The van der Waals surface area contributed by atoms with Crippen LogP contribution in [0.25, 0.3) is 0 Å². The summed E-state index contributed by atoms with van der Waals surface area (Å²) in [4.78, 5) is 13.8. The molecule has 4 nitrogen and oxygen atoms in total. The molecule has 1 amide bonds. The fourth-order valence-corrected chi connectivity index (χ4v) is 2.40. The molecule has 0 aromatic carbocycles. The summed E-state index contributed by atoms with van der Waals surface area (Å²) in [6.45, 7) is 7.95. The smallest absolute Gasteiger partial charge is 0.234 e. The third kappa shape index (κ3) is 4.78. The Balaban J connectivity index is 1.57. The van der Waals surface area contributed by atoms with Crippen molar-refractivity contribution in [1.29, 1.82) is 0 Å². The van der Waals surface area contributed by atoms with E-state index >= 15 is 0 Å². The lowest BCUT2D eigenvalue weighted by Crippen LogP contribution is -2.46. The molecule has 0 bridgehead atoms. The molecular weight excluding hydrogens is 226 g/mol. The van der Waals surface area contributed by atoms with Gasteiger partial charge in [0.25, 0.3) is 0 Å². The first-order chi connectivity index (χ1) is 8.78. The van der Waals surface area contributed by atoms with Gasteiger partial charge in [-0.15, -0.1) is 6.58 Å². The van der Waals surface area contributed by atoms with E-state index in [1.807, 2.05) is 0 Å². The maximum absolute atomic E-state index is 11.6. The van der Waals surface area contributed by atoms with Crippen molar-refractivity contribution in [3.05, 3.63) is 12.7 Å². The van der Waals surface area contributed by atoms with Gasteiger partial charge in [0.15, 0.2) is 0 Å². The molecule has 0 aromatic heterocycles.